The molecule has 0 bridgehead atoms. The highest BCUT2D eigenvalue weighted by molar-refractivity contribution is 5.96. The smallest absolute Gasteiger partial charge is 0.193 e. The number of aromatic nitrogens is 1. The Bertz CT molecular complexity index is 417. The van der Waals surface area contributed by atoms with E-state index in [1.54, 1.807) is 0 Å². The van der Waals surface area contributed by atoms with Crippen LogP contribution in [0.15, 0.2) is 9.41 Å². The molecule has 0 saturated heterocycles. The van der Waals surface area contributed by atoms with Crippen LogP contribution < -0.4 is 11.3 Å². The lowest BCUT2D eigenvalue weighted by Crippen LogP contribution is -2.32. The highest BCUT2D eigenvalue weighted by atomic mass is 16.4. The van der Waals surface area contributed by atoms with Gasteiger partial charge in [0.1, 0.15) is 0 Å². The topological polar surface area (TPSA) is 76.4 Å². The maximum Gasteiger partial charge on any atom is 0.193 e. The molecule has 5 nitrogen and oxygen atoms in total. The number of amidine groups is 1. The van der Waals surface area contributed by atoms with E-state index < -0.39 is 0 Å². The van der Waals surface area contributed by atoms with Crippen molar-refractivity contribution in [2.45, 2.75) is 58.4 Å². The molecule has 0 atom stereocenters. The van der Waals surface area contributed by atoms with Crippen LogP contribution >= 0.6 is 0 Å². The number of oxazole rings is 1. The van der Waals surface area contributed by atoms with E-state index in [2.05, 4.69) is 10.4 Å². The van der Waals surface area contributed by atoms with Crippen LogP contribution in [0.4, 0.5) is 0 Å². The molecular weight excluding hydrogens is 228 g/mol. The van der Waals surface area contributed by atoms with Crippen molar-refractivity contribution in [1.82, 2.24) is 10.4 Å². The van der Waals surface area contributed by atoms with Gasteiger partial charge in [0, 0.05) is 6.92 Å². The van der Waals surface area contributed by atoms with Crippen molar-refractivity contribution in [1.29, 1.82) is 0 Å². The van der Waals surface area contributed by atoms with E-state index in [0.717, 1.165) is 18.5 Å². The minimum Gasteiger partial charge on any atom is -0.437 e. The molecule has 1 saturated carbocycles. The monoisotopic (exact) mass is 250 g/mol. The number of aliphatic imine (C=N–C) groups is 1. The minimum absolute atomic E-state index is 0.350. The maximum atomic E-state index is 5.57. The van der Waals surface area contributed by atoms with E-state index in [1.807, 2.05) is 13.8 Å². The van der Waals surface area contributed by atoms with Gasteiger partial charge in [-0.05, 0) is 19.8 Å². The fourth-order valence-corrected chi connectivity index (χ4v) is 2.48. The summed E-state index contributed by atoms with van der Waals surface area (Å²) in [6.07, 6.45) is 7.41. The number of hydrogen-bond acceptors (Lipinski definition) is 4. The molecule has 3 N–H and O–H groups in total. The molecule has 5 heteroatoms. The predicted octanol–water partition coefficient (Wildman–Crippen LogP) is 2.22. The van der Waals surface area contributed by atoms with Crippen LogP contribution in [0.25, 0.3) is 0 Å². The molecule has 0 aromatic carbocycles. The second-order valence-electron chi connectivity index (χ2n) is 4.91. The molecule has 1 aromatic heterocycles. The Morgan fingerprint density at radius 1 is 1.28 bits per heavy atom. The Morgan fingerprint density at radius 3 is 2.44 bits per heavy atom. The van der Waals surface area contributed by atoms with Gasteiger partial charge < -0.3 is 9.84 Å². The lowest BCUT2D eigenvalue weighted by Gasteiger charge is -2.11. The third-order valence-corrected chi connectivity index (χ3v) is 3.39. The van der Waals surface area contributed by atoms with E-state index in [9.17, 15) is 0 Å². The number of nitrogens with two attached hydrogens (primary N) is 1. The van der Waals surface area contributed by atoms with Crippen molar-refractivity contribution in [3.05, 3.63) is 17.3 Å². The normalized spacial score (nSPS) is 18.7. The third-order valence-electron chi connectivity index (χ3n) is 3.39. The zero-order valence-corrected chi connectivity index (χ0v) is 11.2. The van der Waals surface area contributed by atoms with Crippen LogP contribution in [0.2, 0.25) is 0 Å². The molecule has 1 aliphatic carbocycles. The van der Waals surface area contributed by atoms with Gasteiger partial charge >= 0.3 is 0 Å². The van der Waals surface area contributed by atoms with Gasteiger partial charge in [0.15, 0.2) is 17.5 Å². The van der Waals surface area contributed by atoms with Crippen molar-refractivity contribution in [2.75, 3.05) is 0 Å². The molecule has 0 amide bonds. The first kappa shape index (κ1) is 13.1. The van der Waals surface area contributed by atoms with Gasteiger partial charge in [-0.3, -0.25) is 4.99 Å². The average molecular weight is 250 g/mol. The molecular formula is C13H22N4O. The molecule has 1 aliphatic rings. The highest BCUT2D eigenvalue weighted by Crippen LogP contribution is 2.21. The highest BCUT2D eigenvalue weighted by Gasteiger charge is 2.17. The summed E-state index contributed by atoms with van der Waals surface area (Å²) in [6, 6.07) is 0.350. The van der Waals surface area contributed by atoms with Crippen molar-refractivity contribution in [3.63, 3.8) is 0 Å². The lowest BCUT2D eigenvalue weighted by atomic mass is 10.1. The molecule has 1 aromatic rings. The number of rotatable bonds is 2. The van der Waals surface area contributed by atoms with E-state index >= 15 is 0 Å². The Morgan fingerprint density at radius 2 is 1.94 bits per heavy atom. The van der Waals surface area contributed by atoms with Gasteiger partial charge in [-0.2, -0.15) is 0 Å². The number of nitrogens with one attached hydrogen (secondary N) is 1. The average Bonchev–Trinajstić information content (AvgIpc) is 2.57. The van der Waals surface area contributed by atoms with Crippen LogP contribution in [0.5, 0.6) is 0 Å². The van der Waals surface area contributed by atoms with Crippen molar-refractivity contribution >= 4 is 5.84 Å². The molecule has 0 unspecified atom stereocenters. The fourth-order valence-electron chi connectivity index (χ4n) is 2.48. The molecule has 1 fully saturated rings. The van der Waals surface area contributed by atoms with Crippen LogP contribution in [-0.4, -0.2) is 16.9 Å². The van der Waals surface area contributed by atoms with Gasteiger partial charge in [-0.1, -0.05) is 25.7 Å². The summed E-state index contributed by atoms with van der Waals surface area (Å²) >= 11 is 0. The van der Waals surface area contributed by atoms with Gasteiger partial charge in [-0.15, -0.1) is 0 Å². The summed E-state index contributed by atoms with van der Waals surface area (Å²) in [5.41, 5.74) is 3.49. The lowest BCUT2D eigenvalue weighted by molar-refractivity contribution is 0.506. The molecule has 1 heterocycles. The Kier molecular flexibility index (Phi) is 4.36. The first-order valence-corrected chi connectivity index (χ1v) is 6.69. The number of hydrogen-bond donors (Lipinski definition) is 2. The zero-order valence-electron chi connectivity index (χ0n) is 11.2. The Balaban J connectivity index is 2.18. The van der Waals surface area contributed by atoms with Crippen LogP contribution in [0.3, 0.4) is 0 Å². The second kappa shape index (κ2) is 6.00. The quantitative estimate of drug-likeness (QED) is 0.277. The zero-order chi connectivity index (χ0) is 13.0. The van der Waals surface area contributed by atoms with Crippen molar-refractivity contribution in [2.24, 2.45) is 10.8 Å². The first-order valence-electron chi connectivity index (χ1n) is 6.69. The SMILES string of the molecule is Cc1nc(C)c(C(=NC2CCCCCC2)NN)o1. The van der Waals surface area contributed by atoms with Gasteiger partial charge in [0.05, 0.1) is 11.7 Å². The Labute approximate surface area is 108 Å². The predicted molar refractivity (Wildman–Crippen MR) is 71.3 cm³/mol. The molecule has 0 spiro atoms. The number of nitrogens with zero attached hydrogens (tertiary/aromatic N) is 2. The van der Waals surface area contributed by atoms with Crippen LogP contribution in [0, 0.1) is 13.8 Å². The molecule has 2 rings (SSSR count). The minimum atomic E-state index is 0.350. The van der Waals surface area contributed by atoms with Gasteiger partial charge in [0.2, 0.25) is 0 Å². The van der Waals surface area contributed by atoms with Crippen LogP contribution in [0.1, 0.15) is 55.9 Å². The molecule has 0 aliphatic heterocycles. The van der Waals surface area contributed by atoms with E-state index in [0.29, 0.717) is 23.5 Å². The molecule has 0 radical (unpaired) electrons. The summed E-state index contributed by atoms with van der Waals surface area (Å²) in [7, 11) is 0. The van der Waals surface area contributed by atoms with Crippen LogP contribution in [-0.2, 0) is 0 Å². The largest absolute Gasteiger partial charge is 0.437 e. The summed E-state index contributed by atoms with van der Waals surface area (Å²) < 4.78 is 5.56. The van der Waals surface area contributed by atoms with Gasteiger partial charge in [-0.25, -0.2) is 10.8 Å². The van der Waals surface area contributed by atoms with Gasteiger partial charge in [0.25, 0.3) is 0 Å². The number of hydrazine groups is 1. The standard InChI is InChI=1S/C13H22N4O/c1-9-12(18-10(2)15-9)13(17-14)16-11-7-5-3-4-6-8-11/h11H,3-8,14H2,1-2H3,(H,16,17). The maximum absolute atomic E-state index is 5.57. The van der Waals surface area contributed by atoms with E-state index in [-0.39, 0.29) is 0 Å². The van der Waals surface area contributed by atoms with Crippen molar-refractivity contribution in [3.8, 4) is 0 Å². The summed E-state index contributed by atoms with van der Waals surface area (Å²) in [4.78, 5) is 8.95. The Hall–Kier alpha value is -1.36. The third kappa shape index (κ3) is 3.10. The van der Waals surface area contributed by atoms with E-state index in [1.165, 1.54) is 25.7 Å². The molecule has 18 heavy (non-hydrogen) atoms. The fraction of sp³-hybridized carbons (Fsp3) is 0.692. The van der Waals surface area contributed by atoms with Crippen molar-refractivity contribution < 1.29 is 4.42 Å². The van der Waals surface area contributed by atoms with E-state index in [4.69, 9.17) is 15.3 Å². The second-order valence-corrected chi connectivity index (χ2v) is 4.91. The summed E-state index contributed by atoms with van der Waals surface area (Å²) in [5.74, 6) is 7.51. The number of aryl methyl sites for hydroxylation is 2. The molecule has 100 valence electrons. The summed E-state index contributed by atoms with van der Waals surface area (Å²) in [6.45, 7) is 3.74. The first-order chi connectivity index (χ1) is 8.70. The summed E-state index contributed by atoms with van der Waals surface area (Å²) in [5, 5.41) is 0.